The van der Waals surface area contributed by atoms with Crippen LogP contribution in [0.25, 0.3) is 0 Å². The molecule has 1 amide bonds. The van der Waals surface area contributed by atoms with Gasteiger partial charge in [-0.3, -0.25) is 9.69 Å². The summed E-state index contributed by atoms with van der Waals surface area (Å²) in [5, 5.41) is 3.36. The quantitative estimate of drug-likeness (QED) is 0.767. The van der Waals surface area contributed by atoms with Crippen molar-refractivity contribution in [2.45, 2.75) is 23.8 Å². The third kappa shape index (κ3) is 4.55. The molecule has 1 aromatic carbocycles. The van der Waals surface area contributed by atoms with E-state index < -0.39 is 16.1 Å². The molecular weight excluding hydrogens is 378 g/mol. The zero-order chi connectivity index (χ0) is 18.6. The van der Waals surface area contributed by atoms with E-state index in [4.69, 9.17) is 16.3 Å². The van der Waals surface area contributed by atoms with E-state index in [1.807, 2.05) is 0 Å². The molecule has 144 valence electrons. The zero-order valence-corrected chi connectivity index (χ0v) is 16.1. The molecule has 9 heteroatoms. The number of ether oxygens (including phenoxy) is 1. The number of benzene rings is 1. The van der Waals surface area contributed by atoms with Crippen LogP contribution in [0.3, 0.4) is 0 Å². The van der Waals surface area contributed by atoms with E-state index in [0.29, 0.717) is 44.2 Å². The number of nitrogens with zero attached hydrogens (tertiary/aromatic N) is 2. The Morgan fingerprint density at radius 1 is 1.19 bits per heavy atom. The lowest BCUT2D eigenvalue weighted by Crippen LogP contribution is -2.48. The summed E-state index contributed by atoms with van der Waals surface area (Å²) < 4.78 is 32.3. The van der Waals surface area contributed by atoms with E-state index in [2.05, 4.69) is 10.2 Å². The average molecular weight is 402 g/mol. The average Bonchev–Trinajstić information content (AvgIpc) is 3.14. The summed E-state index contributed by atoms with van der Waals surface area (Å²) in [6, 6.07) is 5.39. The van der Waals surface area contributed by atoms with Crippen LogP contribution in [0.2, 0.25) is 5.02 Å². The lowest BCUT2D eigenvalue weighted by molar-refractivity contribution is -0.124. The van der Waals surface area contributed by atoms with Crippen molar-refractivity contribution >= 4 is 27.5 Å². The maximum atomic E-state index is 12.9. The molecule has 2 aliphatic heterocycles. The molecule has 7 nitrogen and oxygen atoms in total. The fraction of sp³-hybridized carbons (Fsp3) is 0.588. The molecule has 1 aromatic rings. The predicted molar refractivity (Wildman–Crippen MR) is 98.6 cm³/mol. The van der Waals surface area contributed by atoms with Gasteiger partial charge in [0, 0.05) is 37.7 Å². The van der Waals surface area contributed by atoms with E-state index in [-0.39, 0.29) is 10.8 Å². The summed E-state index contributed by atoms with van der Waals surface area (Å²) >= 11 is 5.84. The summed E-state index contributed by atoms with van der Waals surface area (Å²) in [6.07, 6.45) is 1.21. The number of sulfonamides is 1. The molecule has 0 unspecified atom stereocenters. The molecule has 1 N–H and O–H groups in total. The normalized spacial score (nSPS) is 22.4. The van der Waals surface area contributed by atoms with Gasteiger partial charge in [0.1, 0.15) is 6.04 Å². The summed E-state index contributed by atoms with van der Waals surface area (Å²) in [4.78, 5) is 14.9. The van der Waals surface area contributed by atoms with Crippen LogP contribution >= 0.6 is 11.6 Å². The number of hydrogen-bond acceptors (Lipinski definition) is 5. The Morgan fingerprint density at radius 3 is 2.58 bits per heavy atom. The van der Waals surface area contributed by atoms with Gasteiger partial charge in [0.15, 0.2) is 0 Å². The van der Waals surface area contributed by atoms with Gasteiger partial charge in [0.2, 0.25) is 15.9 Å². The molecule has 26 heavy (non-hydrogen) atoms. The fourth-order valence-electron chi connectivity index (χ4n) is 3.31. The number of hydrogen-bond donors (Lipinski definition) is 1. The van der Waals surface area contributed by atoms with Gasteiger partial charge < -0.3 is 10.1 Å². The zero-order valence-electron chi connectivity index (χ0n) is 14.6. The molecule has 0 saturated carbocycles. The number of morpholine rings is 1. The Bertz CT molecular complexity index is 720. The molecule has 0 spiro atoms. The molecule has 2 heterocycles. The first-order valence-corrected chi connectivity index (χ1v) is 10.7. The highest BCUT2D eigenvalue weighted by molar-refractivity contribution is 7.89. The van der Waals surface area contributed by atoms with Gasteiger partial charge in [-0.25, -0.2) is 8.42 Å². The monoisotopic (exact) mass is 401 g/mol. The van der Waals surface area contributed by atoms with E-state index in [0.717, 1.165) is 19.6 Å². The van der Waals surface area contributed by atoms with Gasteiger partial charge in [-0.2, -0.15) is 4.31 Å². The molecule has 1 atom stereocenters. The Kier molecular flexibility index (Phi) is 6.52. The van der Waals surface area contributed by atoms with Gasteiger partial charge in [0.25, 0.3) is 0 Å². The van der Waals surface area contributed by atoms with Crippen LogP contribution in [0.15, 0.2) is 29.2 Å². The predicted octanol–water partition coefficient (Wildman–Crippen LogP) is 0.941. The smallest absolute Gasteiger partial charge is 0.243 e. The number of rotatable bonds is 6. The topological polar surface area (TPSA) is 79.0 Å². The van der Waals surface area contributed by atoms with Crippen molar-refractivity contribution in [1.82, 2.24) is 14.5 Å². The van der Waals surface area contributed by atoms with Crippen LogP contribution in [0.5, 0.6) is 0 Å². The third-order valence-corrected chi connectivity index (χ3v) is 6.93. The second-order valence-electron chi connectivity index (χ2n) is 6.47. The number of nitrogens with one attached hydrogen (secondary N) is 1. The molecule has 2 fully saturated rings. The second kappa shape index (κ2) is 8.67. The Labute approximate surface area is 159 Å². The van der Waals surface area contributed by atoms with Gasteiger partial charge in [-0.05, 0) is 37.1 Å². The Balaban J connectivity index is 1.59. The van der Waals surface area contributed by atoms with Crippen LogP contribution in [0.1, 0.15) is 12.8 Å². The largest absolute Gasteiger partial charge is 0.379 e. The van der Waals surface area contributed by atoms with Crippen molar-refractivity contribution in [1.29, 1.82) is 0 Å². The standard InChI is InChI=1S/C17H24ClN3O4S/c18-14-3-5-15(6-4-14)26(23,24)21-8-1-2-16(21)17(22)19-7-9-20-10-12-25-13-11-20/h3-6,16H,1-2,7-13H2,(H,19,22)/t16-/m0/s1. The summed E-state index contributed by atoms with van der Waals surface area (Å²) in [5.74, 6) is -0.228. The van der Waals surface area contributed by atoms with E-state index in [9.17, 15) is 13.2 Å². The highest BCUT2D eigenvalue weighted by atomic mass is 35.5. The minimum absolute atomic E-state index is 0.162. The molecule has 0 radical (unpaired) electrons. The van der Waals surface area contributed by atoms with E-state index in [1.54, 1.807) is 12.1 Å². The number of carbonyl (C=O) groups is 1. The first-order chi connectivity index (χ1) is 12.5. The van der Waals surface area contributed by atoms with E-state index >= 15 is 0 Å². The van der Waals surface area contributed by atoms with Gasteiger partial charge >= 0.3 is 0 Å². The van der Waals surface area contributed by atoms with Crippen LogP contribution in [-0.4, -0.2) is 75.5 Å². The molecule has 0 bridgehead atoms. The fourth-order valence-corrected chi connectivity index (χ4v) is 5.09. The number of halogens is 1. The van der Waals surface area contributed by atoms with Crippen LogP contribution in [-0.2, 0) is 19.6 Å². The number of carbonyl (C=O) groups excluding carboxylic acids is 1. The first-order valence-electron chi connectivity index (χ1n) is 8.84. The van der Waals surface area contributed by atoms with Crippen molar-refractivity contribution in [2.24, 2.45) is 0 Å². The molecule has 0 aliphatic carbocycles. The lowest BCUT2D eigenvalue weighted by atomic mass is 10.2. The van der Waals surface area contributed by atoms with Crippen molar-refractivity contribution in [2.75, 3.05) is 45.9 Å². The van der Waals surface area contributed by atoms with Gasteiger partial charge in [-0.1, -0.05) is 11.6 Å². The first kappa shape index (κ1) is 19.6. The molecular formula is C17H24ClN3O4S. The maximum Gasteiger partial charge on any atom is 0.243 e. The highest BCUT2D eigenvalue weighted by Gasteiger charge is 2.39. The number of amides is 1. The summed E-state index contributed by atoms with van der Waals surface area (Å²) in [5.41, 5.74) is 0. The third-order valence-electron chi connectivity index (χ3n) is 4.76. The second-order valence-corrected chi connectivity index (χ2v) is 8.80. The SMILES string of the molecule is O=C(NCCN1CCOCC1)[C@@H]1CCCN1S(=O)(=O)c1ccc(Cl)cc1. The van der Waals surface area contributed by atoms with Crippen LogP contribution < -0.4 is 5.32 Å². The molecule has 2 saturated heterocycles. The Hall–Kier alpha value is -1.19. The van der Waals surface area contributed by atoms with Crippen molar-refractivity contribution in [3.05, 3.63) is 29.3 Å². The summed E-state index contributed by atoms with van der Waals surface area (Å²) in [7, 11) is -3.71. The Morgan fingerprint density at radius 2 is 1.88 bits per heavy atom. The summed E-state index contributed by atoms with van der Waals surface area (Å²) in [6.45, 7) is 4.74. The molecule has 0 aromatic heterocycles. The minimum atomic E-state index is -3.71. The van der Waals surface area contributed by atoms with Crippen molar-refractivity contribution in [3.63, 3.8) is 0 Å². The maximum absolute atomic E-state index is 12.9. The van der Waals surface area contributed by atoms with Crippen molar-refractivity contribution in [3.8, 4) is 0 Å². The van der Waals surface area contributed by atoms with Gasteiger partial charge in [-0.15, -0.1) is 0 Å². The molecule has 2 aliphatic rings. The highest BCUT2D eigenvalue weighted by Crippen LogP contribution is 2.27. The van der Waals surface area contributed by atoms with Crippen LogP contribution in [0.4, 0.5) is 0 Å². The minimum Gasteiger partial charge on any atom is -0.379 e. The van der Waals surface area contributed by atoms with Crippen LogP contribution in [0, 0.1) is 0 Å². The van der Waals surface area contributed by atoms with Gasteiger partial charge in [0.05, 0.1) is 18.1 Å². The molecule has 3 rings (SSSR count). The lowest BCUT2D eigenvalue weighted by Gasteiger charge is -2.27. The van der Waals surface area contributed by atoms with Crippen molar-refractivity contribution < 1.29 is 17.9 Å². The van der Waals surface area contributed by atoms with E-state index in [1.165, 1.54) is 16.4 Å².